The van der Waals surface area contributed by atoms with Gasteiger partial charge in [0, 0.05) is 12.3 Å². The summed E-state index contributed by atoms with van der Waals surface area (Å²) in [5, 5.41) is 3.43. The summed E-state index contributed by atoms with van der Waals surface area (Å²) >= 11 is 0. The van der Waals surface area contributed by atoms with Crippen LogP contribution in [0, 0.1) is 5.92 Å². The third-order valence-electron chi connectivity index (χ3n) is 3.53. The predicted octanol–water partition coefficient (Wildman–Crippen LogP) is 2.85. The fraction of sp³-hybridized carbons (Fsp3) is 0.357. The van der Waals surface area contributed by atoms with Crippen LogP contribution in [0.2, 0.25) is 0 Å². The normalized spacial score (nSPS) is 28.5. The van der Waals surface area contributed by atoms with Crippen molar-refractivity contribution in [2.45, 2.75) is 25.4 Å². The van der Waals surface area contributed by atoms with Crippen molar-refractivity contribution in [1.29, 1.82) is 0 Å². The van der Waals surface area contributed by atoms with E-state index in [1.807, 2.05) is 31.2 Å². The maximum absolute atomic E-state index is 12.1. The first kappa shape index (κ1) is 11.3. The van der Waals surface area contributed by atoms with Crippen molar-refractivity contribution in [2.75, 3.05) is 0 Å². The maximum Gasteiger partial charge on any atom is 0.139 e. The first-order valence-corrected chi connectivity index (χ1v) is 6.11. The molecule has 2 aromatic heterocycles. The molecule has 1 fully saturated rings. The van der Waals surface area contributed by atoms with Gasteiger partial charge in [0.1, 0.15) is 17.3 Å². The smallest absolute Gasteiger partial charge is 0.139 e. The fourth-order valence-electron chi connectivity index (χ4n) is 2.46. The van der Waals surface area contributed by atoms with Crippen molar-refractivity contribution in [3.05, 3.63) is 48.3 Å². The first-order chi connectivity index (χ1) is 8.75. The number of ketones is 1. The highest BCUT2D eigenvalue weighted by Crippen LogP contribution is 2.34. The summed E-state index contributed by atoms with van der Waals surface area (Å²) in [5.41, 5.74) is 0. The van der Waals surface area contributed by atoms with Gasteiger partial charge < -0.3 is 8.83 Å². The third-order valence-corrected chi connectivity index (χ3v) is 3.53. The van der Waals surface area contributed by atoms with Crippen LogP contribution in [0.1, 0.15) is 36.9 Å². The number of Topliss-reactive ketones (excluding diaryl/α,β-unsaturated/α-hetero) is 1. The van der Waals surface area contributed by atoms with Gasteiger partial charge in [0.15, 0.2) is 0 Å². The number of furan rings is 2. The molecule has 3 heterocycles. The Morgan fingerprint density at radius 2 is 1.83 bits per heavy atom. The van der Waals surface area contributed by atoms with E-state index >= 15 is 0 Å². The van der Waals surface area contributed by atoms with Gasteiger partial charge in [-0.1, -0.05) is 6.92 Å². The highest BCUT2D eigenvalue weighted by Gasteiger charge is 2.37. The van der Waals surface area contributed by atoms with Crippen molar-refractivity contribution < 1.29 is 13.6 Å². The van der Waals surface area contributed by atoms with Gasteiger partial charge in [0.25, 0.3) is 0 Å². The molecule has 0 aromatic carbocycles. The number of nitrogens with one attached hydrogen (secondary N) is 1. The zero-order valence-corrected chi connectivity index (χ0v) is 10.1. The molecule has 3 atom stereocenters. The molecule has 0 saturated carbocycles. The average molecular weight is 245 g/mol. The number of rotatable bonds is 2. The summed E-state index contributed by atoms with van der Waals surface area (Å²) in [6.45, 7) is 1.93. The molecule has 1 saturated heterocycles. The minimum absolute atomic E-state index is 0.0706. The molecule has 18 heavy (non-hydrogen) atoms. The summed E-state index contributed by atoms with van der Waals surface area (Å²) in [6.07, 6.45) is 3.72. The van der Waals surface area contributed by atoms with Crippen LogP contribution in [0.25, 0.3) is 0 Å². The van der Waals surface area contributed by atoms with Crippen molar-refractivity contribution in [2.24, 2.45) is 5.92 Å². The molecule has 1 aliphatic heterocycles. The van der Waals surface area contributed by atoms with E-state index in [0.29, 0.717) is 6.42 Å². The predicted molar refractivity (Wildman–Crippen MR) is 64.8 cm³/mol. The molecule has 1 N–H and O–H groups in total. The number of hydrogen-bond donors (Lipinski definition) is 1. The second-order valence-corrected chi connectivity index (χ2v) is 4.69. The molecule has 94 valence electrons. The molecule has 4 nitrogen and oxygen atoms in total. The first-order valence-electron chi connectivity index (χ1n) is 6.11. The van der Waals surface area contributed by atoms with E-state index in [9.17, 15) is 4.79 Å². The van der Waals surface area contributed by atoms with Gasteiger partial charge in [-0.25, -0.2) is 0 Å². The number of hydrogen-bond acceptors (Lipinski definition) is 4. The Hall–Kier alpha value is -1.81. The Morgan fingerprint density at radius 3 is 2.44 bits per heavy atom. The standard InChI is InChI=1S/C14H15NO3/c1-9-11(16)8-10(12-4-2-6-17-12)15-14(9)13-5-3-7-18-13/h2-7,9-10,14-15H,8H2,1H3/t9-,10+,14-/m0/s1. The van der Waals surface area contributed by atoms with Crippen LogP contribution in [0.4, 0.5) is 0 Å². The van der Waals surface area contributed by atoms with Crippen molar-refractivity contribution in [3.63, 3.8) is 0 Å². The van der Waals surface area contributed by atoms with Gasteiger partial charge in [0.05, 0.1) is 24.6 Å². The lowest BCUT2D eigenvalue weighted by atomic mass is 9.85. The van der Waals surface area contributed by atoms with Crippen LogP contribution in [0.3, 0.4) is 0 Å². The van der Waals surface area contributed by atoms with Crippen LogP contribution >= 0.6 is 0 Å². The molecule has 2 aromatic rings. The topological polar surface area (TPSA) is 55.4 Å². The molecule has 1 aliphatic rings. The molecule has 0 unspecified atom stereocenters. The zero-order valence-electron chi connectivity index (χ0n) is 10.1. The van der Waals surface area contributed by atoms with Gasteiger partial charge in [0.2, 0.25) is 0 Å². The SMILES string of the molecule is C[C@H]1C(=O)C[C@H](c2ccco2)N[C@@H]1c1ccco1. The van der Waals surface area contributed by atoms with Crippen LogP contribution in [0.15, 0.2) is 45.6 Å². The van der Waals surface area contributed by atoms with Crippen LogP contribution < -0.4 is 5.32 Å². The number of carbonyl (C=O) groups excluding carboxylic acids is 1. The van der Waals surface area contributed by atoms with Crippen molar-refractivity contribution >= 4 is 5.78 Å². The minimum Gasteiger partial charge on any atom is -0.468 e. The average Bonchev–Trinajstić information content (AvgIpc) is 3.03. The van der Waals surface area contributed by atoms with Gasteiger partial charge in [-0.15, -0.1) is 0 Å². The number of carbonyl (C=O) groups is 1. The third kappa shape index (κ3) is 1.88. The molecular formula is C14H15NO3. The number of piperidine rings is 1. The Balaban J connectivity index is 1.88. The fourth-order valence-corrected chi connectivity index (χ4v) is 2.46. The molecule has 0 spiro atoms. The molecule has 4 heteroatoms. The molecule has 0 radical (unpaired) electrons. The minimum atomic E-state index is -0.0867. The Kier molecular flexibility index (Phi) is 2.80. The van der Waals surface area contributed by atoms with Crippen LogP contribution in [-0.4, -0.2) is 5.78 Å². The van der Waals surface area contributed by atoms with E-state index in [-0.39, 0.29) is 23.8 Å². The molecular weight excluding hydrogens is 230 g/mol. The Labute approximate surface area is 105 Å². The van der Waals surface area contributed by atoms with Gasteiger partial charge in [-0.05, 0) is 24.3 Å². The highest BCUT2D eigenvalue weighted by molar-refractivity contribution is 5.83. The van der Waals surface area contributed by atoms with Crippen LogP contribution in [0.5, 0.6) is 0 Å². The summed E-state index contributed by atoms with van der Waals surface area (Å²) in [7, 11) is 0. The lowest BCUT2D eigenvalue weighted by molar-refractivity contribution is -0.126. The molecule has 0 bridgehead atoms. The van der Waals surface area contributed by atoms with E-state index in [4.69, 9.17) is 8.83 Å². The maximum atomic E-state index is 12.1. The molecule has 3 rings (SSSR count). The zero-order chi connectivity index (χ0) is 12.5. The van der Waals surface area contributed by atoms with Gasteiger partial charge in [-0.2, -0.15) is 0 Å². The summed E-state index contributed by atoms with van der Waals surface area (Å²) in [4.78, 5) is 12.1. The Bertz CT molecular complexity index is 515. The second-order valence-electron chi connectivity index (χ2n) is 4.69. The highest BCUT2D eigenvalue weighted by atomic mass is 16.3. The van der Waals surface area contributed by atoms with E-state index in [1.165, 1.54) is 0 Å². The monoisotopic (exact) mass is 245 g/mol. The van der Waals surface area contributed by atoms with E-state index in [0.717, 1.165) is 11.5 Å². The summed E-state index contributed by atoms with van der Waals surface area (Å²) in [5.74, 6) is 1.75. The van der Waals surface area contributed by atoms with Crippen molar-refractivity contribution in [1.82, 2.24) is 5.32 Å². The Morgan fingerprint density at radius 1 is 1.17 bits per heavy atom. The summed E-state index contributed by atoms with van der Waals surface area (Å²) in [6, 6.07) is 7.30. The second kappa shape index (κ2) is 4.46. The van der Waals surface area contributed by atoms with E-state index in [2.05, 4.69) is 5.32 Å². The lowest BCUT2D eigenvalue weighted by Crippen LogP contribution is -2.40. The van der Waals surface area contributed by atoms with E-state index < -0.39 is 0 Å². The molecule has 0 amide bonds. The van der Waals surface area contributed by atoms with Crippen molar-refractivity contribution in [3.8, 4) is 0 Å². The van der Waals surface area contributed by atoms with Crippen LogP contribution in [-0.2, 0) is 4.79 Å². The largest absolute Gasteiger partial charge is 0.468 e. The van der Waals surface area contributed by atoms with Gasteiger partial charge in [-0.3, -0.25) is 10.1 Å². The van der Waals surface area contributed by atoms with E-state index in [1.54, 1.807) is 12.5 Å². The quantitative estimate of drug-likeness (QED) is 0.883. The molecule has 0 aliphatic carbocycles. The van der Waals surface area contributed by atoms with Gasteiger partial charge >= 0.3 is 0 Å². The summed E-state index contributed by atoms with van der Waals surface area (Å²) < 4.78 is 10.8. The lowest BCUT2D eigenvalue weighted by Gasteiger charge is -2.32.